The van der Waals surface area contributed by atoms with Crippen molar-refractivity contribution in [3.05, 3.63) is 65.2 Å². The largest absolute Gasteiger partial charge is 0.399 e. The average molecular weight is 270 g/mol. The predicted molar refractivity (Wildman–Crippen MR) is 79.2 cm³/mol. The monoisotopic (exact) mass is 270 g/mol. The number of nitrogens with two attached hydrogens (primary N) is 2. The van der Waals surface area contributed by atoms with Crippen LogP contribution >= 0.6 is 0 Å². The zero-order chi connectivity index (χ0) is 14.4. The van der Waals surface area contributed by atoms with E-state index in [9.17, 15) is 4.79 Å². The Morgan fingerprint density at radius 1 is 1.00 bits per heavy atom. The summed E-state index contributed by atoms with van der Waals surface area (Å²) in [7, 11) is 0. The Morgan fingerprint density at radius 3 is 2.35 bits per heavy atom. The minimum absolute atomic E-state index is 0.367. The second-order valence-corrected chi connectivity index (χ2v) is 4.52. The summed E-state index contributed by atoms with van der Waals surface area (Å²) in [5.74, 6) is -0.434. The quantitative estimate of drug-likeness (QED) is 0.623. The van der Waals surface area contributed by atoms with Gasteiger partial charge in [0.2, 0.25) is 5.91 Å². The van der Waals surface area contributed by atoms with Crippen molar-refractivity contribution in [2.24, 2.45) is 5.73 Å². The molecular formula is C16H18N2O2. The van der Waals surface area contributed by atoms with E-state index in [1.54, 1.807) is 12.1 Å². The van der Waals surface area contributed by atoms with E-state index in [0.717, 1.165) is 23.2 Å². The Bertz CT molecular complexity index is 597. The first kappa shape index (κ1) is 14.1. The van der Waals surface area contributed by atoms with Gasteiger partial charge in [-0.2, -0.15) is 0 Å². The maximum absolute atomic E-state index is 11.3. The first-order valence-corrected chi connectivity index (χ1v) is 6.47. The molecule has 4 N–H and O–H groups in total. The number of hydrogen-bond acceptors (Lipinski definition) is 3. The van der Waals surface area contributed by atoms with E-state index < -0.39 is 5.91 Å². The summed E-state index contributed by atoms with van der Waals surface area (Å²) in [6.45, 7) is 0.910. The second-order valence-electron chi connectivity index (χ2n) is 4.52. The van der Waals surface area contributed by atoms with Crippen molar-refractivity contribution in [1.82, 2.24) is 0 Å². The van der Waals surface area contributed by atoms with Crippen LogP contribution in [-0.2, 0) is 17.8 Å². The third kappa shape index (κ3) is 3.59. The van der Waals surface area contributed by atoms with E-state index in [-0.39, 0.29) is 0 Å². The summed E-state index contributed by atoms with van der Waals surface area (Å²) in [6.07, 6.45) is 0.741. The number of ether oxygens (including phenoxy) is 1. The molecule has 0 atom stereocenters. The van der Waals surface area contributed by atoms with E-state index in [4.69, 9.17) is 16.2 Å². The van der Waals surface area contributed by atoms with E-state index in [1.807, 2.05) is 36.4 Å². The highest BCUT2D eigenvalue weighted by atomic mass is 16.5. The van der Waals surface area contributed by atoms with E-state index in [1.165, 1.54) is 0 Å². The predicted octanol–water partition coefficient (Wildman–Crippen LogP) is 2.13. The molecule has 0 aliphatic rings. The van der Waals surface area contributed by atoms with Crippen LogP contribution in [-0.4, -0.2) is 12.5 Å². The van der Waals surface area contributed by atoms with E-state index >= 15 is 0 Å². The van der Waals surface area contributed by atoms with E-state index in [0.29, 0.717) is 18.8 Å². The molecule has 4 nitrogen and oxygen atoms in total. The van der Waals surface area contributed by atoms with Crippen molar-refractivity contribution in [2.45, 2.75) is 13.0 Å². The highest BCUT2D eigenvalue weighted by molar-refractivity contribution is 5.94. The highest BCUT2D eigenvalue weighted by Gasteiger charge is 2.07. The first-order chi connectivity index (χ1) is 9.68. The average Bonchev–Trinajstić information content (AvgIpc) is 2.45. The van der Waals surface area contributed by atoms with Crippen LogP contribution in [0.2, 0.25) is 0 Å². The smallest absolute Gasteiger partial charge is 0.249 e. The molecule has 0 saturated carbocycles. The number of anilines is 1. The summed E-state index contributed by atoms with van der Waals surface area (Å²) < 4.78 is 5.61. The minimum atomic E-state index is -0.434. The number of carbonyl (C=O) groups excluding carboxylic acids is 1. The fourth-order valence-electron chi connectivity index (χ4n) is 2.01. The SMILES string of the molecule is NC(=O)c1ccccc1COCCc1ccccc1N. The number of amides is 1. The van der Waals surface area contributed by atoms with Crippen LogP contribution in [0.15, 0.2) is 48.5 Å². The Morgan fingerprint density at radius 2 is 1.65 bits per heavy atom. The number of rotatable bonds is 6. The van der Waals surface area contributed by atoms with Gasteiger partial charge >= 0.3 is 0 Å². The van der Waals surface area contributed by atoms with Crippen molar-refractivity contribution >= 4 is 11.6 Å². The molecule has 0 radical (unpaired) electrons. The zero-order valence-electron chi connectivity index (χ0n) is 11.2. The molecule has 2 aromatic carbocycles. The fourth-order valence-corrected chi connectivity index (χ4v) is 2.01. The second kappa shape index (κ2) is 6.73. The number of primary amides is 1. The van der Waals surface area contributed by atoms with Crippen LogP contribution in [0.25, 0.3) is 0 Å². The molecule has 0 fully saturated rings. The van der Waals surface area contributed by atoms with Gasteiger partial charge in [-0.1, -0.05) is 36.4 Å². The number of benzene rings is 2. The topological polar surface area (TPSA) is 78.3 Å². The molecule has 0 bridgehead atoms. The van der Waals surface area contributed by atoms with Crippen LogP contribution in [0.5, 0.6) is 0 Å². The molecule has 2 aromatic rings. The minimum Gasteiger partial charge on any atom is -0.399 e. The van der Waals surface area contributed by atoms with E-state index in [2.05, 4.69) is 0 Å². The van der Waals surface area contributed by atoms with Crippen molar-refractivity contribution in [3.8, 4) is 0 Å². The van der Waals surface area contributed by atoms with Crippen molar-refractivity contribution in [2.75, 3.05) is 12.3 Å². The number of nitrogen functional groups attached to an aromatic ring is 1. The normalized spacial score (nSPS) is 10.4. The Kier molecular flexibility index (Phi) is 4.74. The zero-order valence-corrected chi connectivity index (χ0v) is 11.2. The lowest BCUT2D eigenvalue weighted by Crippen LogP contribution is -2.14. The lowest BCUT2D eigenvalue weighted by atomic mass is 10.1. The Hall–Kier alpha value is -2.33. The molecular weight excluding hydrogens is 252 g/mol. The Balaban J connectivity index is 1.88. The van der Waals surface area contributed by atoms with Crippen LogP contribution in [0.1, 0.15) is 21.5 Å². The molecule has 0 heterocycles. The molecule has 20 heavy (non-hydrogen) atoms. The first-order valence-electron chi connectivity index (χ1n) is 6.47. The fraction of sp³-hybridized carbons (Fsp3) is 0.188. The summed E-state index contributed by atoms with van der Waals surface area (Å²) in [4.78, 5) is 11.3. The molecule has 1 amide bonds. The third-order valence-corrected chi connectivity index (χ3v) is 3.11. The molecule has 4 heteroatoms. The van der Waals surface area contributed by atoms with Crippen molar-refractivity contribution in [1.29, 1.82) is 0 Å². The summed E-state index contributed by atoms with van der Waals surface area (Å²) >= 11 is 0. The standard InChI is InChI=1S/C16H18N2O2/c17-15-8-4-2-5-12(15)9-10-20-11-13-6-1-3-7-14(13)16(18)19/h1-8H,9-11,17H2,(H2,18,19). The molecule has 2 rings (SSSR count). The van der Waals surface area contributed by atoms with Crippen LogP contribution in [0.4, 0.5) is 5.69 Å². The number of para-hydroxylation sites is 1. The molecule has 0 aliphatic carbocycles. The van der Waals surface area contributed by atoms with Crippen molar-refractivity contribution < 1.29 is 9.53 Å². The van der Waals surface area contributed by atoms with Crippen LogP contribution < -0.4 is 11.5 Å². The highest BCUT2D eigenvalue weighted by Crippen LogP contribution is 2.13. The van der Waals surface area contributed by atoms with Crippen molar-refractivity contribution in [3.63, 3.8) is 0 Å². The molecule has 104 valence electrons. The van der Waals surface area contributed by atoms with Gasteiger partial charge < -0.3 is 16.2 Å². The molecule has 0 aliphatic heterocycles. The maximum atomic E-state index is 11.3. The molecule has 0 aromatic heterocycles. The van der Waals surface area contributed by atoms with Gasteiger partial charge in [0.25, 0.3) is 0 Å². The van der Waals surface area contributed by atoms with Gasteiger partial charge in [0.05, 0.1) is 13.2 Å². The molecule has 0 saturated heterocycles. The Labute approximate surface area is 118 Å². The summed E-state index contributed by atoms with van der Waals surface area (Å²) in [6, 6.07) is 14.9. The van der Waals surface area contributed by atoms with Gasteiger partial charge in [0.15, 0.2) is 0 Å². The van der Waals surface area contributed by atoms with Gasteiger partial charge in [-0.25, -0.2) is 0 Å². The number of carbonyl (C=O) groups is 1. The van der Waals surface area contributed by atoms with Gasteiger partial charge in [-0.05, 0) is 29.7 Å². The lowest BCUT2D eigenvalue weighted by Gasteiger charge is -2.09. The number of hydrogen-bond donors (Lipinski definition) is 2. The lowest BCUT2D eigenvalue weighted by molar-refractivity contribution is 0.0986. The van der Waals surface area contributed by atoms with Gasteiger partial charge in [0, 0.05) is 11.3 Å². The summed E-state index contributed by atoms with van der Waals surface area (Å²) in [5, 5.41) is 0. The third-order valence-electron chi connectivity index (χ3n) is 3.11. The van der Waals surface area contributed by atoms with Gasteiger partial charge in [-0.3, -0.25) is 4.79 Å². The van der Waals surface area contributed by atoms with Crippen LogP contribution in [0, 0.1) is 0 Å². The van der Waals surface area contributed by atoms with Gasteiger partial charge in [-0.15, -0.1) is 0 Å². The van der Waals surface area contributed by atoms with Crippen LogP contribution in [0.3, 0.4) is 0 Å². The van der Waals surface area contributed by atoms with Gasteiger partial charge in [0.1, 0.15) is 0 Å². The maximum Gasteiger partial charge on any atom is 0.249 e. The molecule has 0 unspecified atom stereocenters. The molecule has 0 spiro atoms. The summed E-state index contributed by atoms with van der Waals surface area (Å²) in [5.41, 5.74) is 14.3.